The summed E-state index contributed by atoms with van der Waals surface area (Å²) in [5.41, 5.74) is -1.39. The molecule has 34 heavy (non-hydrogen) atoms. The Bertz CT molecular complexity index is 1670. The van der Waals surface area contributed by atoms with Gasteiger partial charge < -0.3 is 10.3 Å². The minimum Gasteiger partial charge on any atom is -0.388 e. The van der Waals surface area contributed by atoms with Crippen LogP contribution in [0.1, 0.15) is 10.4 Å². The quantitative estimate of drug-likeness (QED) is 0.289. The van der Waals surface area contributed by atoms with Gasteiger partial charge in [0.05, 0.1) is 15.2 Å². The molecule has 0 saturated carbocycles. The lowest BCUT2D eigenvalue weighted by Crippen LogP contribution is -2.35. The van der Waals surface area contributed by atoms with Gasteiger partial charge in [-0.15, -0.1) is 11.3 Å². The number of amides is 1. The fourth-order valence-electron chi connectivity index (χ4n) is 3.16. The summed E-state index contributed by atoms with van der Waals surface area (Å²) in [5, 5.41) is 3.04. The molecule has 0 saturated heterocycles. The summed E-state index contributed by atoms with van der Waals surface area (Å²) in [6.07, 6.45) is 0. The van der Waals surface area contributed by atoms with Crippen LogP contribution in [0.5, 0.6) is 0 Å². The number of carbonyl (C=O) groups is 1. The number of nitrogens with zero attached hydrogens (tertiary/aromatic N) is 1. The van der Waals surface area contributed by atoms with E-state index in [0.29, 0.717) is 10.3 Å². The van der Waals surface area contributed by atoms with E-state index in [4.69, 9.17) is 11.6 Å². The second-order valence-corrected chi connectivity index (χ2v) is 11.6. The molecule has 4 aromatic rings. The lowest BCUT2D eigenvalue weighted by molar-refractivity contribution is 0.0981. The highest BCUT2D eigenvalue weighted by molar-refractivity contribution is 14.1. The summed E-state index contributed by atoms with van der Waals surface area (Å²) in [6, 6.07) is 9.20. The van der Waals surface area contributed by atoms with E-state index in [1.165, 1.54) is 24.3 Å². The Labute approximate surface area is 213 Å². The number of anilines is 1. The minimum absolute atomic E-state index is 0.0399. The first-order valence-electron chi connectivity index (χ1n) is 9.30. The van der Waals surface area contributed by atoms with Gasteiger partial charge in [0.25, 0.3) is 21.5 Å². The van der Waals surface area contributed by atoms with Crippen molar-refractivity contribution in [2.45, 2.75) is 4.21 Å². The number of rotatable bonds is 5. The Kier molecular flexibility index (Phi) is 6.54. The molecular formula is C20H13ClFIN4O5S2. The van der Waals surface area contributed by atoms with Crippen molar-refractivity contribution in [2.75, 3.05) is 12.4 Å². The van der Waals surface area contributed by atoms with E-state index in [0.717, 1.165) is 17.4 Å². The number of aromatic nitrogens is 2. The number of thiophene rings is 1. The van der Waals surface area contributed by atoms with Crippen molar-refractivity contribution >= 4 is 78.0 Å². The fraction of sp³-hybridized carbons (Fsp3) is 0.0500. The van der Waals surface area contributed by atoms with Crippen LogP contribution in [0.15, 0.2) is 56.3 Å². The third kappa shape index (κ3) is 4.47. The Hall–Kier alpha value is -2.75. The maximum Gasteiger partial charge on any atom is 0.333 e. The first-order chi connectivity index (χ1) is 16.0. The normalized spacial score (nSPS) is 11.5. The SMILES string of the molecule is CNc1ccc2c(=O)n(-c3c(F)cc(C(=O)NS(=O)(=O)c4ccc(Cl)s4)cc3I)c(=O)[nH]c2c1. The van der Waals surface area contributed by atoms with Crippen LogP contribution in [0.25, 0.3) is 16.6 Å². The number of hydrogen-bond acceptors (Lipinski definition) is 7. The molecule has 1 amide bonds. The molecule has 0 spiro atoms. The van der Waals surface area contributed by atoms with E-state index >= 15 is 4.39 Å². The Morgan fingerprint density at radius 1 is 1.18 bits per heavy atom. The molecule has 4 rings (SSSR count). The highest BCUT2D eigenvalue weighted by Gasteiger charge is 2.24. The molecule has 14 heteroatoms. The predicted octanol–water partition coefficient (Wildman–Crippen LogP) is 3.30. The number of aromatic amines is 1. The van der Waals surface area contributed by atoms with Gasteiger partial charge in [0.15, 0.2) is 0 Å². The molecule has 2 aromatic carbocycles. The zero-order chi connectivity index (χ0) is 24.8. The topological polar surface area (TPSA) is 130 Å². The molecule has 3 N–H and O–H groups in total. The van der Waals surface area contributed by atoms with Crippen LogP contribution in [0.2, 0.25) is 4.34 Å². The molecule has 0 unspecified atom stereocenters. The van der Waals surface area contributed by atoms with Crippen LogP contribution >= 0.6 is 45.5 Å². The van der Waals surface area contributed by atoms with E-state index in [9.17, 15) is 22.8 Å². The molecule has 2 heterocycles. The number of halogens is 3. The molecule has 0 atom stereocenters. The van der Waals surface area contributed by atoms with Gasteiger partial charge in [0.2, 0.25) is 0 Å². The van der Waals surface area contributed by atoms with Crippen LogP contribution in [-0.2, 0) is 10.0 Å². The van der Waals surface area contributed by atoms with Gasteiger partial charge in [0, 0.05) is 21.9 Å². The minimum atomic E-state index is -4.22. The van der Waals surface area contributed by atoms with Gasteiger partial charge in [-0.2, -0.15) is 0 Å². The summed E-state index contributed by atoms with van der Waals surface area (Å²) >= 11 is 8.16. The molecule has 0 fully saturated rings. The molecule has 0 aliphatic carbocycles. The molecule has 0 bridgehead atoms. The van der Waals surface area contributed by atoms with Crippen LogP contribution < -0.4 is 21.3 Å². The van der Waals surface area contributed by atoms with E-state index < -0.39 is 33.0 Å². The summed E-state index contributed by atoms with van der Waals surface area (Å²) in [7, 11) is -2.55. The number of nitrogens with one attached hydrogen (secondary N) is 3. The zero-order valence-corrected chi connectivity index (χ0v) is 21.5. The molecule has 0 radical (unpaired) electrons. The summed E-state index contributed by atoms with van der Waals surface area (Å²) in [6.45, 7) is 0. The lowest BCUT2D eigenvalue weighted by Gasteiger charge is -2.12. The summed E-state index contributed by atoms with van der Waals surface area (Å²) in [5.74, 6) is -2.15. The average molecular weight is 635 g/mol. The number of sulfonamides is 1. The smallest absolute Gasteiger partial charge is 0.333 e. The van der Waals surface area contributed by atoms with Gasteiger partial charge in [-0.3, -0.25) is 9.59 Å². The Morgan fingerprint density at radius 2 is 1.91 bits per heavy atom. The molecule has 9 nitrogen and oxygen atoms in total. The predicted molar refractivity (Wildman–Crippen MR) is 136 cm³/mol. The molecule has 176 valence electrons. The molecule has 0 aliphatic rings. The highest BCUT2D eigenvalue weighted by atomic mass is 127. The van der Waals surface area contributed by atoms with Crippen LogP contribution in [0.4, 0.5) is 10.1 Å². The highest BCUT2D eigenvalue weighted by Crippen LogP contribution is 2.26. The van der Waals surface area contributed by atoms with Gasteiger partial charge >= 0.3 is 5.69 Å². The Morgan fingerprint density at radius 3 is 2.53 bits per heavy atom. The number of fused-ring (bicyclic) bond motifs is 1. The fourth-order valence-corrected chi connectivity index (χ4v) is 6.45. The first-order valence-corrected chi connectivity index (χ1v) is 13.1. The van der Waals surface area contributed by atoms with E-state index in [2.05, 4.69) is 10.3 Å². The second kappa shape index (κ2) is 9.13. The van der Waals surface area contributed by atoms with Crippen molar-refractivity contribution in [2.24, 2.45) is 0 Å². The van der Waals surface area contributed by atoms with Gasteiger partial charge in [-0.25, -0.2) is 26.9 Å². The van der Waals surface area contributed by atoms with Crippen molar-refractivity contribution in [1.29, 1.82) is 0 Å². The number of benzene rings is 2. The molecule has 0 aliphatic heterocycles. The van der Waals surface area contributed by atoms with E-state index in [1.54, 1.807) is 41.8 Å². The first kappa shape index (κ1) is 24.4. The zero-order valence-electron chi connectivity index (χ0n) is 17.0. The van der Waals surface area contributed by atoms with Crippen molar-refractivity contribution < 1.29 is 17.6 Å². The number of carbonyl (C=O) groups excluding carboxylic acids is 1. The van der Waals surface area contributed by atoms with Crippen molar-refractivity contribution in [3.63, 3.8) is 0 Å². The van der Waals surface area contributed by atoms with Crippen LogP contribution in [0, 0.1) is 9.39 Å². The maximum absolute atomic E-state index is 15.1. The van der Waals surface area contributed by atoms with Crippen LogP contribution in [-0.4, -0.2) is 30.9 Å². The Balaban J connectivity index is 1.77. The third-order valence-corrected chi connectivity index (χ3v) is 8.61. The lowest BCUT2D eigenvalue weighted by atomic mass is 10.1. The monoisotopic (exact) mass is 634 g/mol. The van der Waals surface area contributed by atoms with Crippen molar-refractivity contribution in [3.8, 4) is 5.69 Å². The average Bonchev–Trinajstić information content (AvgIpc) is 3.22. The summed E-state index contributed by atoms with van der Waals surface area (Å²) < 4.78 is 42.4. The van der Waals surface area contributed by atoms with E-state index in [1.807, 2.05) is 4.72 Å². The van der Waals surface area contributed by atoms with Gasteiger partial charge in [0.1, 0.15) is 15.7 Å². The van der Waals surface area contributed by atoms with Crippen LogP contribution in [0.3, 0.4) is 0 Å². The van der Waals surface area contributed by atoms with Crippen molar-refractivity contribution in [1.82, 2.24) is 14.3 Å². The molecule has 2 aromatic heterocycles. The van der Waals surface area contributed by atoms with E-state index in [-0.39, 0.29) is 34.3 Å². The van der Waals surface area contributed by atoms with Gasteiger partial charge in [-0.1, -0.05) is 11.6 Å². The maximum atomic E-state index is 15.1. The van der Waals surface area contributed by atoms with Gasteiger partial charge in [-0.05, 0) is 65.1 Å². The number of H-pyrrole nitrogens is 1. The second-order valence-electron chi connectivity index (χ2n) is 6.86. The van der Waals surface area contributed by atoms with Crippen molar-refractivity contribution in [3.05, 3.63) is 82.6 Å². The third-order valence-electron chi connectivity index (χ3n) is 4.73. The largest absolute Gasteiger partial charge is 0.388 e. The molecular weight excluding hydrogens is 622 g/mol. The number of hydrogen-bond donors (Lipinski definition) is 3. The standard InChI is InChI=1S/C20H13ClFIN4O5S2/c1-24-10-2-3-11-14(8-10)25-20(30)27(19(11)29)17-12(22)6-9(7-13(17)23)18(28)26-34(31,32)16-5-4-15(21)33-16/h2-8,24H,1H3,(H,25,30)(H,26,28). The summed E-state index contributed by atoms with van der Waals surface area (Å²) in [4.78, 5) is 40.8.